The predicted octanol–water partition coefficient (Wildman–Crippen LogP) is 4.06. The highest BCUT2D eigenvalue weighted by Crippen LogP contribution is 2.39. The minimum atomic E-state index is -0.500. The molecule has 2 aromatic heterocycles. The zero-order valence-corrected chi connectivity index (χ0v) is 18.7. The highest BCUT2D eigenvalue weighted by molar-refractivity contribution is 7.17. The number of anilines is 1. The van der Waals surface area contributed by atoms with Gasteiger partial charge in [0.25, 0.3) is 11.8 Å². The smallest absolute Gasteiger partial charge is 0.264 e. The van der Waals surface area contributed by atoms with Crippen LogP contribution in [-0.2, 0) is 17.6 Å². The van der Waals surface area contributed by atoms with Gasteiger partial charge in [-0.05, 0) is 55.0 Å². The Hall–Kier alpha value is -2.19. The van der Waals surface area contributed by atoms with Crippen LogP contribution in [0.1, 0.15) is 69.5 Å². The lowest BCUT2D eigenvalue weighted by Crippen LogP contribution is -2.43. The monoisotopic (exact) mass is 445 g/mol. The summed E-state index contributed by atoms with van der Waals surface area (Å²) in [6.07, 6.45) is 6.71. The van der Waals surface area contributed by atoms with Gasteiger partial charge in [0, 0.05) is 10.9 Å². The van der Waals surface area contributed by atoms with Crippen LogP contribution >= 0.6 is 22.7 Å². The third-order valence-electron chi connectivity index (χ3n) is 6.08. The lowest BCUT2D eigenvalue weighted by molar-refractivity contribution is -0.117. The van der Waals surface area contributed by atoms with E-state index in [9.17, 15) is 14.4 Å². The first-order valence-electron chi connectivity index (χ1n) is 10.5. The second-order valence-corrected chi connectivity index (χ2v) is 10.4. The van der Waals surface area contributed by atoms with E-state index in [2.05, 4.69) is 12.2 Å². The maximum atomic E-state index is 13.0. The summed E-state index contributed by atoms with van der Waals surface area (Å²) in [4.78, 5) is 41.6. The highest BCUT2D eigenvalue weighted by Gasteiger charge is 2.31. The number of hydrogen-bond acceptors (Lipinski definition) is 5. The SMILES string of the molecule is C[C@@H]1CCc2c(sc(NC(=O)CN(C(=O)c3cccs3)C3CCCC3)c2C(N)=O)C1. The molecule has 0 bridgehead atoms. The van der Waals surface area contributed by atoms with Gasteiger partial charge < -0.3 is 16.0 Å². The summed E-state index contributed by atoms with van der Waals surface area (Å²) >= 11 is 2.85. The van der Waals surface area contributed by atoms with E-state index >= 15 is 0 Å². The molecule has 1 saturated carbocycles. The number of amides is 3. The summed E-state index contributed by atoms with van der Waals surface area (Å²) in [7, 11) is 0. The molecule has 2 aromatic rings. The van der Waals surface area contributed by atoms with Crippen LogP contribution < -0.4 is 11.1 Å². The number of thiophene rings is 2. The van der Waals surface area contributed by atoms with Crippen molar-refractivity contribution in [3.05, 3.63) is 38.4 Å². The molecule has 2 aliphatic rings. The van der Waals surface area contributed by atoms with Gasteiger partial charge in [0.1, 0.15) is 11.5 Å². The molecular weight excluding hydrogens is 418 g/mol. The Bertz CT molecular complexity index is 945. The second-order valence-electron chi connectivity index (χ2n) is 8.32. The number of rotatable bonds is 6. The molecule has 0 aliphatic heterocycles. The maximum absolute atomic E-state index is 13.0. The van der Waals surface area contributed by atoms with Crippen LogP contribution in [0.15, 0.2) is 17.5 Å². The summed E-state index contributed by atoms with van der Waals surface area (Å²) in [6.45, 7) is 2.18. The minimum Gasteiger partial charge on any atom is -0.365 e. The van der Waals surface area contributed by atoms with Crippen LogP contribution in [0, 0.1) is 5.92 Å². The molecule has 2 aliphatic carbocycles. The molecule has 3 amide bonds. The first-order chi connectivity index (χ1) is 14.4. The van der Waals surface area contributed by atoms with Crippen molar-refractivity contribution in [2.24, 2.45) is 11.7 Å². The fourth-order valence-electron chi connectivity index (χ4n) is 4.54. The van der Waals surface area contributed by atoms with E-state index < -0.39 is 5.91 Å². The third kappa shape index (κ3) is 4.30. The van der Waals surface area contributed by atoms with Crippen LogP contribution in [0.4, 0.5) is 5.00 Å². The van der Waals surface area contributed by atoms with E-state index in [1.165, 1.54) is 22.7 Å². The molecule has 0 radical (unpaired) electrons. The van der Waals surface area contributed by atoms with Crippen molar-refractivity contribution >= 4 is 45.4 Å². The third-order valence-corrected chi connectivity index (χ3v) is 8.11. The lowest BCUT2D eigenvalue weighted by Gasteiger charge is -2.28. The molecule has 4 rings (SSSR count). The van der Waals surface area contributed by atoms with E-state index in [-0.39, 0.29) is 24.4 Å². The van der Waals surface area contributed by atoms with Crippen molar-refractivity contribution in [1.82, 2.24) is 4.90 Å². The molecule has 0 aromatic carbocycles. The van der Waals surface area contributed by atoms with E-state index in [1.807, 2.05) is 11.4 Å². The maximum Gasteiger partial charge on any atom is 0.264 e. The van der Waals surface area contributed by atoms with Gasteiger partial charge in [-0.1, -0.05) is 25.8 Å². The molecule has 8 heteroatoms. The van der Waals surface area contributed by atoms with E-state index in [1.54, 1.807) is 11.0 Å². The molecule has 2 heterocycles. The second kappa shape index (κ2) is 8.89. The first kappa shape index (κ1) is 21.1. The Morgan fingerprint density at radius 3 is 2.67 bits per heavy atom. The van der Waals surface area contributed by atoms with E-state index in [4.69, 9.17) is 5.73 Å². The molecule has 0 spiro atoms. The topological polar surface area (TPSA) is 92.5 Å². The molecule has 3 N–H and O–H groups in total. The average molecular weight is 446 g/mol. The van der Waals surface area contributed by atoms with Gasteiger partial charge in [-0.25, -0.2) is 0 Å². The van der Waals surface area contributed by atoms with Crippen molar-refractivity contribution in [3.8, 4) is 0 Å². The van der Waals surface area contributed by atoms with Gasteiger partial charge >= 0.3 is 0 Å². The molecule has 1 fully saturated rings. The Morgan fingerprint density at radius 1 is 1.23 bits per heavy atom. The number of primary amides is 1. The number of carbonyl (C=O) groups is 3. The van der Waals surface area contributed by atoms with Crippen molar-refractivity contribution in [3.63, 3.8) is 0 Å². The van der Waals surface area contributed by atoms with Gasteiger partial charge in [0.15, 0.2) is 0 Å². The highest BCUT2D eigenvalue weighted by atomic mass is 32.1. The van der Waals surface area contributed by atoms with Crippen molar-refractivity contribution in [2.75, 3.05) is 11.9 Å². The fraction of sp³-hybridized carbons (Fsp3) is 0.500. The van der Waals surface area contributed by atoms with Gasteiger partial charge in [-0.15, -0.1) is 22.7 Å². The molecule has 0 unspecified atom stereocenters. The standard InChI is InChI=1S/C22H27N3O3S2/c1-13-8-9-15-17(11-13)30-21(19(15)20(23)27)24-18(26)12-25(14-5-2-3-6-14)22(28)16-7-4-10-29-16/h4,7,10,13-14H,2-3,5-6,8-9,11-12H2,1H3,(H2,23,27)(H,24,26)/t13-/m1/s1. The van der Waals surface area contributed by atoms with Gasteiger partial charge in [-0.3, -0.25) is 14.4 Å². The van der Waals surface area contributed by atoms with Crippen LogP contribution in [-0.4, -0.2) is 35.2 Å². The normalized spacial score (nSPS) is 18.8. The molecule has 1 atom stereocenters. The molecule has 30 heavy (non-hydrogen) atoms. The average Bonchev–Trinajstić information content (AvgIpc) is 3.45. The van der Waals surface area contributed by atoms with Crippen molar-refractivity contribution in [2.45, 2.75) is 57.9 Å². The number of carbonyl (C=O) groups excluding carboxylic acids is 3. The van der Waals surface area contributed by atoms with Crippen LogP contribution in [0.5, 0.6) is 0 Å². The molecule has 0 saturated heterocycles. The zero-order chi connectivity index (χ0) is 21.3. The summed E-state index contributed by atoms with van der Waals surface area (Å²) in [5.74, 6) is -0.316. The number of fused-ring (bicyclic) bond motifs is 1. The van der Waals surface area contributed by atoms with Crippen LogP contribution in [0.3, 0.4) is 0 Å². The molecule has 6 nitrogen and oxygen atoms in total. The number of hydrogen-bond donors (Lipinski definition) is 2. The van der Waals surface area contributed by atoms with Crippen LogP contribution in [0.25, 0.3) is 0 Å². The number of nitrogens with zero attached hydrogens (tertiary/aromatic N) is 1. The van der Waals surface area contributed by atoms with Gasteiger partial charge in [0.2, 0.25) is 5.91 Å². The first-order valence-corrected chi connectivity index (χ1v) is 12.2. The van der Waals surface area contributed by atoms with Gasteiger partial charge in [-0.2, -0.15) is 0 Å². The Kier molecular flexibility index (Phi) is 6.24. The van der Waals surface area contributed by atoms with Crippen molar-refractivity contribution < 1.29 is 14.4 Å². The molecular formula is C22H27N3O3S2. The summed E-state index contributed by atoms with van der Waals surface area (Å²) in [5, 5.41) is 5.31. The lowest BCUT2D eigenvalue weighted by atomic mass is 9.88. The Balaban J connectivity index is 1.54. The zero-order valence-electron chi connectivity index (χ0n) is 17.1. The van der Waals surface area contributed by atoms with E-state index in [0.717, 1.165) is 55.4 Å². The molecule has 160 valence electrons. The summed E-state index contributed by atoms with van der Waals surface area (Å²) in [5.41, 5.74) is 7.10. The quantitative estimate of drug-likeness (QED) is 0.702. The van der Waals surface area contributed by atoms with E-state index in [0.29, 0.717) is 21.4 Å². The van der Waals surface area contributed by atoms with Crippen LogP contribution in [0.2, 0.25) is 0 Å². The minimum absolute atomic E-state index is 0.0153. The Labute approximate surface area is 184 Å². The Morgan fingerprint density at radius 2 is 2.00 bits per heavy atom. The van der Waals surface area contributed by atoms with Gasteiger partial charge in [0.05, 0.1) is 10.4 Å². The summed E-state index contributed by atoms with van der Waals surface area (Å²) < 4.78 is 0. The van der Waals surface area contributed by atoms with Crippen molar-refractivity contribution in [1.29, 1.82) is 0 Å². The predicted molar refractivity (Wildman–Crippen MR) is 120 cm³/mol. The largest absolute Gasteiger partial charge is 0.365 e. The fourth-order valence-corrected chi connectivity index (χ4v) is 6.66. The summed E-state index contributed by atoms with van der Waals surface area (Å²) in [6, 6.07) is 3.73. The number of nitrogens with two attached hydrogens (primary N) is 1. The number of nitrogens with one attached hydrogen (secondary N) is 1.